The molecule has 0 fully saturated rings. The molecule has 0 heterocycles. The highest BCUT2D eigenvalue weighted by molar-refractivity contribution is 6.46. The van der Waals surface area contributed by atoms with Crippen molar-refractivity contribution in [2.45, 2.75) is 50.8 Å². The second-order valence-corrected chi connectivity index (χ2v) is 8.32. The largest absolute Gasteiger partial charge is 0.457 e. The van der Waals surface area contributed by atoms with Crippen molar-refractivity contribution >= 4 is 29.4 Å². The minimum absolute atomic E-state index is 0.0355. The Kier molecular flexibility index (Phi) is 8.00. The number of hydrogen-bond acceptors (Lipinski definition) is 5. The van der Waals surface area contributed by atoms with Gasteiger partial charge in [0.2, 0.25) is 0 Å². The molecule has 1 amide bonds. The molecule has 0 aliphatic rings. The number of carbonyl (C=O) groups is 3. The van der Waals surface area contributed by atoms with Gasteiger partial charge in [0.1, 0.15) is 12.2 Å². The number of carbonyl (C=O) groups excluding carboxylic acids is 3. The van der Waals surface area contributed by atoms with E-state index in [1.807, 2.05) is 36.4 Å². The Balaban J connectivity index is 2.10. The first-order valence-corrected chi connectivity index (χ1v) is 9.96. The van der Waals surface area contributed by atoms with E-state index in [0.29, 0.717) is 6.42 Å². The first kappa shape index (κ1) is 23.4. The summed E-state index contributed by atoms with van der Waals surface area (Å²) in [5.74, 6) is -1.73. The average Bonchev–Trinajstić information content (AvgIpc) is 2.70. The van der Waals surface area contributed by atoms with Crippen LogP contribution in [0, 0.1) is 0 Å². The molecule has 0 aliphatic heterocycles. The molecule has 1 atom stereocenters. The SMILES string of the molecule is CC(C)(C)OC(=O)C(Cl)(NC(=O)OCc1ccccc1)C(=O)CCc1ccccc1. The van der Waals surface area contributed by atoms with Crippen LogP contribution in [-0.2, 0) is 32.1 Å². The summed E-state index contributed by atoms with van der Waals surface area (Å²) in [4.78, 5) is 35.5. The van der Waals surface area contributed by atoms with Crippen LogP contribution in [0.15, 0.2) is 60.7 Å². The smallest absolute Gasteiger partial charge is 0.409 e. The van der Waals surface area contributed by atoms with Gasteiger partial charge in [-0.15, -0.1) is 0 Å². The van der Waals surface area contributed by atoms with Gasteiger partial charge in [-0.1, -0.05) is 72.3 Å². The van der Waals surface area contributed by atoms with E-state index in [1.165, 1.54) is 0 Å². The molecular formula is C23H26ClNO5. The van der Waals surface area contributed by atoms with E-state index in [2.05, 4.69) is 5.32 Å². The van der Waals surface area contributed by atoms with Gasteiger partial charge >= 0.3 is 12.1 Å². The van der Waals surface area contributed by atoms with E-state index >= 15 is 0 Å². The molecule has 30 heavy (non-hydrogen) atoms. The number of alkyl carbamates (subject to hydrolysis) is 1. The Labute approximate surface area is 181 Å². The van der Waals surface area contributed by atoms with Gasteiger partial charge in [-0.3, -0.25) is 10.1 Å². The molecule has 2 rings (SSSR count). The monoisotopic (exact) mass is 431 g/mol. The lowest BCUT2D eigenvalue weighted by Gasteiger charge is -2.29. The van der Waals surface area contributed by atoms with Crippen LogP contribution in [0.2, 0.25) is 0 Å². The van der Waals surface area contributed by atoms with Crippen molar-refractivity contribution in [2.75, 3.05) is 0 Å². The zero-order valence-corrected chi connectivity index (χ0v) is 18.1. The van der Waals surface area contributed by atoms with E-state index < -0.39 is 28.4 Å². The van der Waals surface area contributed by atoms with Gasteiger partial charge in [0.25, 0.3) is 5.00 Å². The van der Waals surface area contributed by atoms with E-state index in [0.717, 1.165) is 11.1 Å². The zero-order chi connectivity index (χ0) is 22.2. The number of nitrogens with one attached hydrogen (secondary N) is 1. The molecule has 6 nitrogen and oxygen atoms in total. The first-order chi connectivity index (χ1) is 14.1. The van der Waals surface area contributed by atoms with Crippen molar-refractivity contribution < 1.29 is 23.9 Å². The van der Waals surface area contributed by atoms with Crippen LogP contribution in [0.3, 0.4) is 0 Å². The van der Waals surface area contributed by atoms with Crippen molar-refractivity contribution in [3.8, 4) is 0 Å². The Morgan fingerprint density at radius 1 is 0.900 bits per heavy atom. The third kappa shape index (κ3) is 7.19. The molecular weight excluding hydrogens is 406 g/mol. The number of aryl methyl sites for hydroxylation is 1. The lowest BCUT2D eigenvalue weighted by Crippen LogP contribution is -2.58. The molecule has 0 radical (unpaired) electrons. The number of rotatable bonds is 8. The number of ketones is 1. The Morgan fingerprint density at radius 3 is 1.97 bits per heavy atom. The predicted molar refractivity (Wildman–Crippen MR) is 114 cm³/mol. The lowest BCUT2D eigenvalue weighted by atomic mass is 10.0. The lowest BCUT2D eigenvalue weighted by molar-refractivity contribution is -0.161. The van der Waals surface area contributed by atoms with Crippen LogP contribution in [-0.4, -0.2) is 28.4 Å². The van der Waals surface area contributed by atoms with E-state index in [1.54, 1.807) is 45.0 Å². The van der Waals surface area contributed by atoms with Crippen molar-refractivity contribution in [1.82, 2.24) is 5.32 Å². The summed E-state index contributed by atoms with van der Waals surface area (Å²) >= 11 is 6.35. The number of Topliss-reactive ketones (excluding diaryl/α,β-unsaturated/α-hetero) is 1. The van der Waals surface area contributed by atoms with Gasteiger partial charge < -0.3 is 9.47 Å². The number of halogens is 1. The van der Waals surface area contributed by atoms with Gasteiger partial charge in [0.15, 0.2) is 5.78 Å². The molecule has 1 unspecified atom stereocenters. The topological polar surface area (TPSA) is 81.7 Å². The molecule has 0 aliphatic carbocycles. The molecule has 2 aromatic rings. The second-order valence-electron chi connectivity index (χ2n) is 7.76. The molecule has 2 aromatic carbocycles. The fourth-order valence-electron chi connectivity index (χ4n) is 2.56. The van der Waals surface area contributed by atoms with Crippen molar-refractivity contribution in [1.29, 1.82) is 0 Å². The van der Waals surface area contributed by atoms with Gasteiger partial charge in [-0.25, -0.2) is 9.59 Å². The number of hydrogen-bond donors (Lipinski definition) is 1. The summed E-state index contributed by atoms with van der Waals surface area (Å²) in [6, 6.07) is 18.3. The van der Waals surface area contributed by atoms with Gasteiger partial charge in [0, 0.05) is 6.42 Å². The summed E-state index contributed by atoms with van der Waals surface area (Å²) < 4.78 is 10.4. The summed E-state index contributed by atoms with van der Waals surface area (Å²) in [6.45, 7) is 4.89. The van der Waals surface area contributed by atoms with Crippen LogP contribution in [0.4, 0.5) is 4.79 Å². The molecule has 160 valence electrons. The second kappa shape index (κ2) is 10.3. The third-order valence-corrected chi connectivity index (χ3v) is 4.49. The first-order valence-electron chi connectivity index (χ1n) is 9.58. The number of ether oxygens (including phenoxy) is 2. The van der Waals surface area contributed by atoms with E-state index in [-0.39, 0.29) is 13.0 Å². The Bertz CT molecular complexity index is 864. The van der Waals surface area contributed by atoms with Crippen molar-refractivity contribution in [3.63, 3.8) is 0 Å². The van der Waals surface area contributed by atoms with Gasteiger partial charge in [0.05, 0.1) is 0 Å². The van der Waals surface area contributed by atoms with Crippen molar-refractivity contribution in [2.24, 2.45) is 0 Å². The van der Waals surface area contributed by atoms with Crippen LogP contribution in [0.25, 0.3) is 0 Å². The summed E-state index contributed by atoms with van der Waals surface area (Å²) in [7, 11) is 0. The van der Waals surface area contributed by atoms with Crippen LogP contribution in [0.5, 0.6) is 0 Å². The number of alkyl halides is 1. The van der Waals surface area contributed by atoms with Crippen LogP contribution < -0.4 is 5.32 Å². The highest BCUT2D eigenvalue weighted by Crippen LogP contribution is 2.23. The van der Waals surface area contributed by atoms with E-state index in [4.69, 9.17) is 21.1 Å². The standard InChI is InChI=1S/C23H26ClNO5/c1-22(2,3)30-20(27)23(24,19(26)15-14-17-10-6-4-7-11-17)25-21(28)29-16-18-12-8-5-9-13-18/h4-13H,14-16H2,1-3H3,(H,25,28). The molecule has 0 bridgehead atoms. The predicted octanol–water partition coefficient (Wildman–Crippen LogP) is 4.39. The van der Waals surface area contributed by atoms with E-state index in [9.17, 15) is 14.4 Å². The maximum absolute atomic E-state index is 12.9. The number of esters is 1. The normalized spacial score (nSPS) is 13.1. The van der Waals surface area contributed by atoms with Crippen molar-refractivity contribution in [3.05, 3.63) is 71.8 Å². The summed E-state index contributed by atoms with van der Waals surface area (Å²) in [5, 5.41) is 2.20. The van der Waals surface area contributed by atoms with Crippen LogP contribution in [0.1, 0.15) is 38.3 Å². The Morgan fingerprint density at radius 2 is 1.43 bits per heavy atom. The molecule has 0 saturated carbocycles. The molecule has 1 N–H and O–H groups in total. The Hall–Kier alpha value is -2.86. The highest BCUT2D eigenvalue weighted by atomic mass is 35.5. The fraction of sp³-hybridized carbons (Fsp3) is 0.348. The van der Waals surface area contributed by atoms with Crippen LogP contribution >= 0.6 is 11.6 Å². The van der Waals surface area contributed by atoms with Gasteiger partial charge in [-0.05, 0) is 38.3 Å². The van der Waals surface area contributed by atoms with Gasteiger partial charge in [-0.2, -0.15) is 0 Å². The maximum atomic E-state index is 12.9. The quantitative estimate of drug-likeness (QED) is 0.290. The molecule has 0 aromatic heterocycles. The maximum Gasteiger partial charge on any atom is 0.409 e. The zero-order valence-electron chi connectivity index (χ0n) is 17.3. The highest BCUT2D eigenvalue weighted by Gasteiger charge is 2.48. The average molecular weight is 432 g/mol. The third-order valence-electron chi connectivity index (χ3n) is 4.04. The minimum atomic E-state index is -2.38. The molecule has 0 spiro atoms. The minimum Gasteiger partial charge on any atom is -0.457 e. The molecule has 7 heteroatoms. The number of amides is 1. The molecule has 0 saturated heterocycles. The fourth-order valence-corrected chi connectivity index (χ4v) is 2.77. The number of benzene rings is 2. The summed E-state index contributed by atoms with van der Waals surface area (Å²) in [5.41, 5.74) is 0.758. The summed E-state index contributed by atoms with van der Waals surface area (Å²) in [6.07, 6.45) is -0.698.